The Balaban J connectivity index is 1.99. The molecule has 0 bridgehead atoms. The van der Waals surface area contributed by atoms with E-state index in [4.69, 9.17) is 16.3 Å². The maximum absolute atomic E-state index is 5.70. The van der Waals surface area contributed by atoms with Crippen molar-refractivity contribution in [2.24, 2.45) is 0 Å². The van der Waals surface area contributed by atoms with Gasteiger partial charge in [-0.2, -0.15) is 0 Å². The zero-order valence-electron chi connectivity index (χ0n) is 8.77. The summed E-state index contributed by atoms with van der Waals surface area (Å²) in [5.74, 6) is 1.21. The van der Waals surface area contributed by atoms with Crippen LogP contribution in [0.15, 0.2) is 48.7 Å². The summed E-state index contributed by atoms with van der Waals surface area (Å²) in [4.78, 5) is 4.10. The van der Waals surface area contributed by atoms with Crippen LogP contribution in [0, 0.1) is 0 Å². The molecule has 0 N–H and O–H groups in total. The van der Waals surface area contributed by atoms with Crippen molar-refractivity contribution in [2.45, 2.75) is 12.5 Å². The van der Waals surface area contributed by atoms with Gasteiger partial charge in [0, 0.05) is 12.3 Å². The second-order valence-corrected chi connectivity index (χ2v) is 3.66. The molecule has 0 aliphatic rings. The molecule has 82 valence electrons. The van der Waals surface area contributed by atoms with Gasteiger partial charge < -0.3 is 4.74 Å². The minimum absolute atomic E-state index is 0.405. The minimum Gasteiger partial charge on any atom is -0.489 e. The highest BCUT2D eigenvalue weighted by molar-refractivity contribution is 6.16. The van der Waals surface area contributed by atoms with Crippen molar-refractivity contribution in [3.63, 3.8) is 0 Å². The topological polar surface area (TPSA) is 22.1 Å². The predicted octanol–water partition coefficient (Wildman–Crippen LogP) is 3.40. The van der Waals surface area contributed by atoms with Crippen molar-refractivity contribution in [1.29, 1.82) is 0 Å². The molecule has 3 heteroatoms. The van der Waals surface area contributed by atoms with Gasteiger partial charge in [-0.1, -0.05) is 30.3 Å². The Labute approximate surface area is 99.9 Å². The molecule has 1 aromatic heterocycles. The number of halogens is 1. The molecule has 0 radical (unpaired) electrons. The van der Waals surface area contributed by atoms with Gasteiger partial charge in [0.1, 0.15) is 12.4 Å². The molecule has 16 heavy (non-hydrogen) atoms. The van der Waals surface area contributed by atoms with E-state index in [1.807, 2.05) is 42.5 Å². The fraction of sp³-hybridized carbons (Fsp3) is 0.154. The summed E-state index contributed by atoms with van der Waals surface area (Å²) in [6, 6.07) is 13.7. The molecular weight excluding hydrogens is 222 g/mol. The van der Waals surface area contributed by atoms with Crippen molar-refractivity contribution in [3.8, 4) is 5.75 Å². The zero-order valence-corrected chi connectivity index (χ0v) is 9.52. The first kappa shape index (κ1) is 11.0. The molecule has 0 amide bonds. The van der Waals surface area contributed by atoms with Crippen LogP contribution in [0.4, 0.5) is 0 Å². The summed E-state index contributed by atoms with van der Waals surface area (Å²) in [5.41, 5.74) is 1.97. The lowest BCUT2D eigenvalue weighted by atomic mass is 10.2. The quantitative estimate of drug-likeness (QED) is 0.756. The molecule has 2 rings (SSSR count). The lowest BCUT2D eigenvalue weighted by molar-refractivity contribution is 0.305. The number of hydrogen-bond donors (Lipinski definition) is 0. The molecular formula is C13H12ClNO. The summed E-state index contributed by atoms with van der Waals surface area (Å²) < 4.78 is 5.64. The number of alkyl halides is 1. The predicted molar refractivity (Wildman–Crippen MR) is 64.6 cm³/mol. The first-order chi connectivity index (χ1) is 7.88. The number of pyridine rings is 1. The highest BCUT2D eigenvalue weighted by Crippen LogP contribution is 2.14. The number of ether oxygens (including phenoxy) is 1. The Morgan fingerprint density at radius 2 is 1.94 bits per heavy atom. The second-order valence-electron chi connectivity index (χ2n) is 3.39. The molecule has 0 atom stereocenters. The van der Waals surface area contributed by atoms with E-state index in [2.05, 4.69) is 4.98 Å². The van der Waals surface area contributed by atoms with Crippen molar-refractivity contribution < 1.29 is 4.74 Å². The maximum Gasteiger partial charge on any atom is 0.123 e. The van der Waals surface area contributed by atoms with E-state index in [1.54, 1.807) is 6.20 Å². The Bertz CT molecular complexity index is 445. The van der Waals surface area contributed by atoms with Gasteiger partial charge in [0.25, 0.3) is 0 Å². The Kier molecular flexibility index (Phi) is 3.78. The van der Waals surface area contributed by atoms with Gasteiger partial charge in [-0.05, 0) is 11.6 Å². The van der Waals surface area contributed by atoms with Crippen LogP contribution in [-0.2, 0) is 12.5 Å². The summed E-state index contributed by atoms with van der Waals surface area (Å²) in [6.45, 7) is 0.562. The van der Waals surface area contributed by atoms with Crippen LogP contribution in [0.3, 0.4) is 0 Å². The molecule has 1 heterocycles. The lowest BCUT2D eigenvalue weighted by Crippen LogP contribution is -1.96. The summed E-state index contributed by atoms with van der Waals surface area (Å²) >= 11 is 5.70. The third-order valence-electron chi connectivity index (χ3n) is 2.17. The average Bonchev–Trinajstić information content (AvgIpc) is 2.38. The fourth-order valence-corrected chi connectivity index (χ4v) is 1.51. The van der Waals surface area contributed by atoms with Crippen LogP contribution in [-0.4, -0.2) is 4.98 Å². The molecule has 0 aliphatic heterocycles. The van der Waals surface area contributed by atoms with Crippen LogP contribution < -0.4 is 4.74 Å². The second kappa shape index (κ2) is 5.52. The van der Waals surface area contributed by atoms with E-state index in [0.29, 0.717) is 12.5 Å². The van der Waals surface area contributed by atoms with Gasteiger partial charge in [0.05, 0.1) is 11.6 Å². The number of rotatable bonds is 4. The van der Waals surface area contributed by atoms with E-state index >= 15 is 0 Å². The van der Waals surface area contributed by atoms with Crippen LogP contribution >= 0.6 is 11.6 Å². The first-order valence-corrected chi connectivity index (χ1v) is 5.59. The first-order valence-electron chi connectivity index (χ1n) is 5.06. The average molecular weight is 234 g/mol. The van der Waals surface area contributed by atoms with Gasteiger partial charge in [-0.3, -0.25) is 4.98 Å². The Hall–Kier alpha value is -1.54. The standard InChI is InChI=1S/C13H12ClNO/c14-9-12-8-13(6-7-15-12)16-10-11-4-2-1-3-5-11/h1-8H,9-10H2. The minimum atomic E-state index is 0.405. The summed E-state index contributed by atoms with van der Waals surface area (Å²) in [5, 5.41) is 0. The molecule has 0 unspecified atom stereocenters. The Morgan fingerprint density at radius 3 is 2.69 bits per heavy atom. The van der Waals surface area contributed by atoms with E-state index in [9.17, 15) is 0 Å². The molecule has 0 saturated carbocycles. The lowest BCUT2D eigenvalue weighted by Gasteiger charge is -2.06. The van der Waals surface area contributed by atoms with Gasteiger partial charge in [-0.25, -0.2) is 0 Å². The van der Waals surface area contributed by atoms with Crippen molar-refractivity contribution >= 4 is 11.6 Å². The SMILES string of the molecule is ClCc1cc(OCc2ccccc2)ccn1. The fourth-order valence-electron chi connectivity index (χ4n) is 1.36. The van der Waals surface area contributed by atoms with Gasteiger partial charge in [0.15, 0.2) is 0 Å². The molecule has 2 aromatic rings. The van der Waals surface area contributed by atoms with Crippen LogP contribution in [0.25, 0.3) is 0 Å². The third kappa shape index (κ3) is 2.97. The number of hydrogen-bond acceptors (Lipinski definition) is 2. The molecule has 0 spiro atoms. The van der Waals surface area contributed by atoms with Crippen LogP contribution in [0.1, 0.15) is 11.3 Å². The van der Waals surface area contributed by atoms with E-state index in [-0.39, 0.29) is 0 Å². The molecule has 0 aliphatic carbocycles. The summed E-state index contributed by atoms with van der Waals surface area (Å²) in [6.07, 6.45) is 1.71. The van der Waals surface area contributed by atoms with E-state index in [1.165, 1.54) is 0 Å². The zero-order chi connectivity index (χ0) is 11.2. The van der Waals surface area contributed by atoms with Crippen molar-refractivity contribution in [2.75, 3.05) is 0 Å². The smallest absolute Gasteiger partial charge is 0.123 e. The van der Waals surface area contributed by atoms with Crippen LogP contribution in [0.2, 0.25) is 0 Å². The summed E-state index contributed by atoms with van der Waals surface area (Å²) in [7, 11) is 0. The van der Waals surface area contributed by atoms with Crippen molar-refractivity contribution in [3.05, 3.63) is 59.9 Å². The van der Waals surface area contributed by atoms with Gasteiger partial charge >= 0.3 is 0 Å². The van der Waals surface area contributed by atoms with E-state index in [0.717, 1.165) is 17.0 Å². The third-order valence-corrected chi connectivity index (χ3v) is 2.45. The molecule has 0 saturated heterocycles. The Morgan fingerprint density at radius 1 is 1.12 bits per heavy atom. The number of aromatic nitrogens is 1. The van der Waals surface area contributed by atoms with E-state index < -0.39 is 0 Å². The molecule has 1 aromatic carbocycles. The molecule has 2 nitrogen and oxygen atoms in total. The van der Waals surface area contributed by atoms with Crippen molar-refractivity contribution in [1.82, 2.24) is 4.98 Å². The highest BCUT2D eigenvalue weighted by atomic mass is 35.5. The van der Waals surface area contributed by atoms with Gasteiger partial charge in [-0.15, -0.1) is 11.6 Å². The van der Waals surface area contributed by atoms with Crippen LogP contribution in [0.5, 0.6) is 5.75 Å². The number of nitrogens with zero attached hydrogens (tertiary/aromatic N) is 1. The number of benzene rings is 1. The highest BCUT2D eigenvalue weighted by Gasteiger charge is 1.97. The maximum atomic E-state index is 5.70. The largest absolute Gasteiger partial charge is 0.489 e. The normalized spacial score (nSPS) is 10.1. The molecule has 0 fully saturated rings. The van der Waals surface area contributed by atoms with Gasteiger partial charge in [0.2, 0.25) is 0 Å². The monoisotopic (exact) mass is 233 g/mol.